The number of esters is 2. The standard InChI is InChI=1S/C14H12O4.C3H6O.CO2/c15-12-8-4-3-5-9(11(8)13(16)17-12)14-7-2-1-6-10(14)18-14;1-3-2-4-3;2-1-3/h3-5,10H,1-2,6-7H2;3H,2H2,1H3;. The van der Waals surface area contributed by atoms with Crippen molar-refractivity contribution in [1.82, 2.24) is 0 Å². The minimum Gasteiger partial charge on any atom is -0.386 e. The molecule has 1 saturated carbocycles. The molecule has 0 spiro atoms. The van der Waals surface area contributed by atoms with E-state index >= 15 is 0 Å². The van der Waals surface area contributed by atoms with Crippen molar-refractivity contribution in [3.8, 4) is 0 Å². The molecule has 0 aromatic heterocycles. The molecule has 3 atom stereocenters. The van der Waals surface area contributed by atoms with E-state index in [1.165, 1.54) is 6.42 Å². The van der Waals surface area contributed by atoms with E-state index in [1.807, 2.05) is 6.07 Å². The molecule has 3 fully saturated rings. The normalized spacial score (nSPS) is 30.3. The van der Waals surface area contributed by atoms with E-state index in [9.17, 15) is 9.59 Å². The van der Waals surface area contributed by atoms with Crippen molar-refractivity contribution >= 4 is 18.1 Å². The second-order valence-corrected chi connectivity index (χ2v) is 6.37. The molecule has 132 valence electrons. The molecule has 1 aromatic rings. The zero-order valence-corrected chi connectivity index (χ0v) is 13.8. The minimum atomic E-state index is -0.541. The maximum absolute atomic E-state index is 11.8. The topological polar surface area (TPSA) is 103 Å². The summed E-state index contributed by atoms with van der Waals surface area (Å²) in [5.41, 5.74) is 1.33. The number of rotatable bonds is 1. The van der Waals surface area contributed by atoms with Crippen molar-refractivity contribution in [2.75, 3.05) is 6.61 Å². The molecule has 4 aliphatic rings. The van der Waals surface area contributed by atoms with E-state index < -0.39 is 11.9 Å². The highest BCUT2D eigenvalue weighted by atomic mass is 16.6. The molecule has 7 nitrogen and oxygen atoms in total. The molecule has 0 bridgehead atoms. The monoisotopic (exact) mass is 346 g/mol. The van der Waals surface area contributed by atoms with Crippen molar-refractivity contribution in [3.63, 3.8) is 0 Å². The molecule has 0 N–H and O–H groups in total. The maximum atomic E-state index is 11.8. The molecule has 3 unspecified atom stereocenters. The van der Waals surface area contributed by atoms with Gasteiger partial charge < -0.3 is 14.2 Å². The molecule has 3 heterocycles. The zero-order chi connectivity index (χ0) is 18.0. The van der Waals surface area contributed by atoms with Crippen molar-refractivity contribution in [3.05, 3.63) is 34.9 Å². The van der Waals surface area contributed by atoms with Crippen LogP contribution in [0.25, 0.3) is 0 Å². The van der Waals surface area contributed by atoms with Gasteiger partial charge in [0.2, 0.25) is 0 Å². The smallest absolute Gasteiger partial charge is 0.373 e. The molecule has 0 amide bonds. The first-order valence-electron chi connectivity index (χ1n) is 8.22. The van der Waals surface area contributed by atoms with Crippen LogP contribution in [0.1, 0.15) is 58.9 Å². The molecule has 1 aromatic carbocycles. The van der Waals surface area contributed by atoms with Gasteiger partial charge in [-0.1, -0.05) is 25.0 Å². The Hall–Kier alpha value is -2.34. The predicted octanol–water partition coefficient (Wildman–Crippen LogP) is 1.99. The van der Waals surface area contributed by atoms with Gasteiger partial charge in [-0.3, -0.25) is 0 Å². The van der Waals surface area contributed by atoms with E-state index in [4.69, 9.17) is 23.8 Å². The van der Waals surface area contributed by atoms with Crippen molar-refractivity contribution in [1.29, 1.82) is 0 Å². The highest BCUT2D eigenvalue weighted by Gasteiger charge is 2.60. The quantitative estimate of drug-likeness (QED) is 0.435. The van der Waals surface area contributed by atoms with Crippen LogP contribution in [-0.2, 0) is 29.4 Å². The average Bonchev–Trinajstić information content (AvgIpc) is 3.50. The lowest BCUT2D eigenvalue weighted by molar-refractivity contribution is -0.191. The van der Waals surface area contributed by atoms with Crippen molar-refractivity contribution in [2.24, 2.45) is 0 Å². The number of carbonyl (C=O) groups excluding carboxylic acids is 4. The molecule has 1 aliphatic carbocycles. The van der Waals surface area contributed by atoms with Crippen LogP contribution in [0.5, 0.6) is 0 Å². The molecular weight excluding hydrogens is 328 g/mol. The first-order chi connectivity index (χ1) is 12.0. The number of epoxide rings is 2. The summed E-state index contributed by atoms with van der Waals surface area (Å²) < 4.78 is 15.2. The second-order valence-electron chi connectivity index (χ2n) is 6.37. The Morgan fingerprint density at radius 2 is 1.84 bits per heavy atom. The summed E-state index contributed by atoms with van der Waals surface area (Å²) in [6.45, 7) is 3.04. The Morgan fingerprint density at radius 1 is 1.16 bits per heavy atom. The molecule has 3 aliphatic heterocycles. The SMILES string of the molecule is CC1CO1.O=C1OC(=O)c2c1cccc2C12CCCCC1O2.O=C=O. The van der Waals surface area contributed by atoms with Crippen LogP contribution in [0.2, 0.25) is 0 Å². The summed E-state index contributed by atoms with van der Waals surface area (Å²) in [4.78, 5) is 39.6. The van der Waals surface area contributed by atoms with E-state index in [-0.39, 0.29) is 17.9 Å². The first-order valence-corrected chi connectivity index (χ1v) is 8.22. The number of ether oxygens (including phenoxy) is 3. The van der Waals surface area contributed by atoms with Crippen LogP contribution in [-0.4, -0.2) is 36.9 Å². The highest BCUT2D eigenvalue weighted by Crippen LogP contribution is 2.56. The number of hydrogen-bond donors (Lipinski definition) is 0. The average molecular weight is 346 g/mol. The molecule has 25 heavy (non-hydrogen) atoms. The fraction of sp³-hybridized carbons (Fsp3) is 0.500. The lowest BCUT2D eigenvalue weighted by atomic mass is 9.81. The zero-order valence-electron chi connectivity index (χ0n) is 13.8. The van der Waals surface area contributed by atoms with Gasteiger partial charge in [0, 0.05) is 5.56 Å². The van der Waals surface area contributed by atoms with Gasteiger partial charge in [0.05, 0.1) is 29.9 Å². The fourth-order valence-corrected chi connectivity index (χ4v) is 3.40. The number of fused-ring (bicyclic) bond motifs is 2. The van der Waals surface area contributed by atoms with Crippen LogP contribution in [0.3, 0.4) is 0 Å². The highest BCUT2D eigenvalue weighted by molar-refractivity contribution is 6.15. The summed E-state index contributed by atoms with van der Waals surface area (Å²) >= 11 is 0. The van der Waals surface area contributed by atoms with Crippen LogP contribution in [0.15, 0.2) is 18.2 Å². The molecule has 7 heteroatoms. The van der Waals surface area contributed by atoms with Crippen LogP contribution in [0, 0.1) is 0 Å². The lowest BCUT2D eigenvalue weighted by Crippen LogP contribution is -2.20. The molecular formula is C18H18O7. The Kier molecular flexibility index (Phi) is 4.81. The number of cyclic esters (lactones) is 2. The van der Waals surface area contributed by atoms with Crippen LogP contribution >= 0.6 is 0 Å². The largest absolute Gasteiger partial charge is 0.386 e. The van der Waals surface area contributed by atoms with Gasteiger partial charge in [-0.2, -0.15) is 9.59 Å². The summed E-state index contributed by atoms with van der Waals surface area (Å²) in [5.74, 6) is -1.07. The number of benzene rings is 1. The third-order valence-electron chi connectivity index (χ3n) is 4.71. The predicted molar refractivity (Wildman–Crippen MR) is 81.6 cm³/mol. The van der Waals surface area contributed by atoms with Crippen molar-refractivity contribution in [2.45, 2.75) is 50.4 Å². The Bertz CT molecular complexity index is 731. The van der Waals surface area contributed by atoms with E-state index in [0.29, 0.717) is 17.2 Å². The van der Waals surface area contributed by atoms with Gasteiger partial charge in [0.25, 0.3) is 0 Å². The Balaban J connectivity index is 0.000000221. The van der Waals surface area contributed by atoms with Gasteiger partial charge in [-0.15, -0.1) is 0 Å². The summed E-state index contributed by atoms with van der Waals surface area (Å²) in [6.07, 6.45) is 5.28. The first kappa shape index (κ1) is 17.5. The van der Waals surface area contributed by atoms with Gasteiger partial charge in [0.15, 0.2) is 0 Å². The Morgan fingerprint density at radius 3 is 2.44 bits per heavy atom. The fourth-order valence-electron chi connectivity index (χ4n) is 3.40. The van der Waals surface area contributed by atoms with E-state index in [1.54, 1.807) is 12.1 Å². The van der Waals surface area contributed by atoms with Gasteiger partial charge in [0.1, 0.15) is 5.60 Å². The van der Waals surface area contributed by atoms with E-state index in [0.717, 1.165) is 31.4 Å². The van der Waals surface area contributed by atoms with Crippen LogP contribution in [0.4, 0.5) is 0 Å². The molecule has 0 radical (unpaired) electrons. The third kappa shape index (κ3) is 3.39. The molecule has 5 rings (SSSR count). The number of hydrogen-bond acceptors (Lipinski definition) is 7. The summed E-state index contributed by atoms with van der Waals surface area (Å²) in [6, 6.07) is 5.34. The number of carbonyl (C=O) groups is 2. The van der Waals surface area contributed by atoms with Crippen LogP contribution < -0.4 is 0 Å². The van der Waals surface area contributed by atoms with Gasteiger partial charge in [-0.25, -0.2) is 9.59 Å². The summed E-state index contributed by atoms with van der Waals surface area (Å²) in [7, 11) is 0. The van der Waals surface area contributed by atoms with Gasteiger partial charge >= 0.3 is 18.1 Å². The van der Waals surface area contributed by atoms with Crippen molar-refractivity contribution < 1.29 is 33.4 Å². The van der Waals surface area contributed by atoms with Gasteiger partial charge in [-0.05, 0) is 25.8 Å². The minimum absolute atomic E-state index is 0.209. The summed E-state index contributed by atoms with van der Waals surface area (Å²) in [5, 5.41) is 0. The lowest BCUT2D eigenvalue weighted by Gasteiger charge is -2.18. The Labute approximate surface area is 144 Å². The molecule has 2 saturated heterocycles. The third-order valence-corrected chi connectivity index (χ3v) is 4.71. The second kappa shape index (κ2) is 6.88. The maximum Gasteiger partial charge on any atom is 0.373 e. The van der Waals surface area contributed by atoms with E-state index in [2.05, 4.69) is 6.92 Å².